The van der Waals surface area contributed by atoms with Crippen molar-refractivity contribution in [2.45, 2.75) is 56.9 Å². The Hall–Kier alpha value is -0.725. The molecule has 0 bridgehead atoms. The molecule has 0 unspecified atom stereocenters. The maximum atomic E-state index is 14.3. The van der Waals surface area contributed by atoms with E-state index in [9.17, 15) is 17.6 Å². The van der Waals surface area contributed by atoms with Crippen LogP contribution in [0.1, 0.15) is 33.3 Å². The summed E-state index contributed by atoms with van der Waals surface area (Å²) in [5.41, 5.74) is -0.710. The molecule has 2 nitrogen and oxygen atoms in total. The van der Waals surface area contributed by atoms with Crippen molar-refractivity contribution in [2.75, 3.05) is 5.75 Å². The van der Waals surface area contributed by atoms with Crippen LogP contribution in [0, 0.1) is 12.7 Å². The Morgan fingerprint density at radius 1 is 1.09 bits per heavy atom. The molecule has 1 fully saturated rings. The smallest absolute Gasteiger partial charge is 0.399 e. The molecule has 8 heteroatoms. The minimum Gasteiger partial charge on any atom is -0.399 e. The van der Waals surface area contributed by atoms with Crippen LogP contribution in [-0.2, 0) is 9.31 Å². The Kier molecular flexibility index (Phi) is 4.83. The molecule has 1 saturated heterocycles. The van der Waals surface area contributed by atoms with Crippen molar-refractivity contribution in [2.24, 2.45) is 0 Å². The second-order valence-electron chi connectivity index (χ2n) is 6.63. The van der Waals surface area contributed by atoms with Crippen molar-refractivity contribution < 1.29 is 26.9 Å². The summed E-state index contributed by atoms with van der Waals surface area (Å²) in [6, 6.07) is 2.61. The molecule has 0 atom stereocenters. The highest BCUT2D eigenvalue weighted by atomic mass is 32.2. The number of aryl methyl sites for hydroxylation is 1. The van der Waals surface area contributed by atoms with E-state index in [1.807, 2.05) is 27.7 Å². The summed E-state index contributed by atoms with van der Waals surface area (Å²) in [5.74, 6) is -1.57. The molecular weight excluding hydrogens is 331 g/mol. The summed E-state index contributed by atoms with van der Waals surface area (Å²) < 4.78 is 63.1. The van der Waals surface area contributed by atoms with Gasteiger partial charge < -0.3 is 9.31 Å². The van der Waals surface area contributed by atoms with Gasteiger partial charge in [-0.15, -0.1) is 11.8 Å². The molecule has 0 aromatic heterocycles. The highest BCUT2D eigenvalue weighted by Gasteiger charge is 2.52. The molecule has 1 aromatic rings. The van der Waals surface area contributed by atoms with Crippen molar-refractivity contribution in [3.8, 4) is 0 Å². The van der Waals surface area contributed by atoms with Crippen LogP contribution in [0.15, 0.2) is 17.0 Å². The molecule has 1 aliphatic heterocycles. The standard InChI is InChI=1S/C15H19BF4O2S/c1-9-6-11(17)10(7-12(9)23-8-15(18,19)20)16-21-13(2,3)14(4,5)22-16/h6-7H,8H2,1-5H3. The van der Waals surface area contributed by atoms with Gasteiger partial charge >= 0.3 is 13.3 Å². The van der Waals surface area contributed by atoms with E-state index < -0.39 is 36.1 Å². The van der Waals surface area contributed by atoms with Gasteiger partial charge in [0, 0.05) is 10.4 Å². The van der Waals surface area contributed by atoms with E-state index in [0.29, 0.717) is 22.2 Å². The Morgan fingerprint density at radius 3 is 2.09 bits per heavy atom. The maximum absolute atomic E-state index is 14.3. The van der Waals surface area contributed by atoms with Gasteiger partial charge in [-0.2, -0.15) is 13.2 Å². The van der Waals surface area contributed by atoms with Crippen LogP contribution in [0.2, 0.25) is 0 Å². The monoisotopic (exact) mass is 350 g/mol. The van der Waals surface area contributed by atoms with Crippen LogP contribution >= 0.6 is 11.8 Å². The maximum Gasteiger partial charge on any atom is 0.497 e. The van der Waals surface area contributed by atoms with E-state index in [4.69, 9.17) is 9.31 Å². The Bertz CT molecular complexity index is 586. The fourth-order valence-corrected chi connectivity index (χ4v) is 2.95. The zero-order valence-electron chi connectivity index (χ0n) is 13.7. The van der Waals surface area contributed by atoms with Crippen LogP contribution in [0.3, 0.4) is 0 Å². The predicted octanol–water partition coefficient (Wildman–Crippen LogP) is 4.09. The van der Waals surface area contributed by atoms with Crippen molar-refractivity contribution in [3.05, 3.63) is 23.5 Å². The van der Waals surface area contributed by atoms with Crippen molar-refractivity contribution >= 4 is 24.3 Å². The number of hydrogen-bond acceptors (Lipinski definition) is 3. The van der Waals surface area contributed by atoms with Gasteiger partial charge in [0.15, 0.2) is 0 Å². The fraction of sp³-hybridized carbons (Fsp3) is 0.600. The number of alkyl halides is 3. The topological polar surface area (TPSA) is 18.5 Å². The van der Waals surface area contributed by atoms with Gasteiger partial charge in [-0.25, -0.2) is 4.39 Å². The summed E-state index contributed by atoms with van der Waals surface area (Å²) >= 11 is 0.633. The van der Waals surface area contributed by atoms with Crippen LogP contribution in [0.25, 0.3) is 0 Å². The lowest BCUT2D eigenvalue weighted by molar-refractivity contribution is -0.105. The van der Waals surface area contributed by atoms with Crippen LogP contribution in [0.5, 0.6) is 0 Å². The SMILES string of the molecule is Cc1cc(F)c(B2OC(C)(C)C(C)(C)O2)cc1SCC(F)(F)F. The molecule has 1 heterocycles. The van der Waals surface area contributed by atoms with E-state index in [1.54, 1.807) is 6.92 Å². The zero-order valence-corrected chi connectivity index (χ0v) is 14.5. The number of thioether (sulfide) groups is 1. The minimum absolute atomic E-state index is 0.124. The molecule has 0 aliphatic carbocycles. The number of benzene rings is 1. The second kappa shape index (κ2) is 5.97. The number of halogens is 4. The van der Waals surface area contributed by atoms with E-state index in [2.05, 4.69) is 0 Å². The summed E-state index contributed by atoms with van der Waals surface area (Å²) in [5, 5.41) is 0. The first-order chi connectivity index (χ1) is 10.3. The summed E-state index contributed by atoms with van der Waals surface area (Å²) in [6.45, 7) is 8.91. The molecule has 128 valence electrons. The molecule has 0 saturated carbocycles. The van der Waals surface area contributed by atoms with Crippen LogP contribution < -0.4 is 5.46 Å². The first-order valence-electron chi connectivity index (χ1n) is 7.18. The van der Waals surface area contributed by atoms with Gasteiger partial charge in [-0.1, -0.05) is 0 Å². The average molecular weight is 350 g/mol. The molecule has 1 aliphatic rings. The van der Waals surface area contributed by atoms with Crippen LogP contribution in [0.4, 0.5) is 17.6 Å². The third-order valence-electron chi connectivity index (χ3n) is 4.19. The van der Waals surface area contributed by atoms with E-state index in [1.165, 1.54) is 12.1 Å². The van der Waals surface area contributed by atoms with Crippen molar-refractivity contribution in [1.29, 1.82) is 0 Å². The molecule has 0 spiro atoms. The average Bonchev–Trinajstić information content (AvgIpc) is 2.55. The molecule has 0 N–H and O–H groups in total. The fourth-order valence-electron chi connectivity index (χ4n) is 2.13. The predicted molar refractivity (Wildman–Crippen MR) is 83.6 cm³/mol. The third-order valence-corrected chi connectivity index (χ3v) is 5.42. The normalized spacial score (nSPS) is 20.1. The number of rotatable bonds is 3. The quantitative estimate of drug-likeness (QED) is 0.465. The summed E-state index contributed by atoms with van der Waals surface area (Å²) in [7, 11) is -0.939. The molecule has 1 aromatic carbocycles. The molecule has 2 rings (SSSR count). The first-order valence-corrected chi connectivity index (χ1v) is 8.16. The lowest BCUT2D eigenvalue weighted by atomic mass is 9.78. The van der Waals surface area contributed by atoms with Gasteiger partial charge in [0.1, 0.15) is 5.82 Å². The second-order valence-corrected chi connectivity index (χ2v) is 7.65. The summed E-state index contributed by atoms with van der Waals surface area (Å²) in [6.07, 6.45) is -4.28. The molecule has 23 heavy (non-hydrogen) atoms. The zero-order chi connectivity index (χ0) is 17.6. The van der Waals surface area contributed by atoms with Crippen molar-refractivity contribution in [3.63, 3.8) is 0 Å². The highest BCUT2D eigenvalue weighted by Crippen LogP contribution is 2.37. The minimum atomic E-state index is -4.28. The Balaban J connectivity index is 2.30. The van der Waals surface area contributed by atoms with E-state index in [0.717, 1.165) is 0 Å². The third kappa shape index (κ3) is 4.03. The van der Waals surface area contributed by atoms with Crippen molar-refractivity contribution in [1.82, 2.24) is 0 Å². The van der Waals surface area contributed by atoms with Gasteiger partial charge in [-0.05, 0) is 52.3 Å². The molecule has 0 radical (unpaired) electrons. The molecule has 0 amide bonds. The molecular formula is C15H19BF4O2S. The van der Waals surface area contributed by atoms with Gasteiger partial charge in [0.2, 0.25) is 0 Å². The first kappa shape index (κ1) is 18.6. The van der Waals surface area contributed by atoms with Gasteiger partial charge in [0.25, 0.3) is 0 Å². The highest BCUT2D eigenvalue weighted by molar-refractivity contribution is 7.99. The lowest BCUT2D eigenvalue weighted by Gasteiger charge is -2.32. The lowest BCUT2D eigenvalue weighted by Crippen LogP contribution is -2.41. The summed E-state index contributed by atoms with van der Waals surface area (Å²) in [4.78, 5) is 0.369. The number of hydrogen-bond donors (Lipinski definition) is 0. The van der Waals surface area contributed by atoms with Gasteiger partial charge in [0.05, 0.1) is 17.0 Å². The van der Waals surface area contributed by atoms with E-state index >= 15 is 0 Å². The Labute approximate surface area is 138 Å². The largest absolute Gasteiger partial charge is 0.497 e. The van der Waals surface area contributed by atoms with Crippen LogP contribution in [-0.4, -0.2) is 30.2 Å². The van der Waals surface area contributed by atoms with Gasteiger partial charge in [-0.3, -0.25) is 0 Å². The Morgan fingerprint density at radius 2 is 1.61 bits per heavy atom. The van der Waals surface area contributed by atoms with E-state index in [-0.39, 0.29) is 5.46 Å².